The molecule has 318 valence electrons. The van der Waals surface area contributed by atoms with Crippen LogP contribution in [-0.2, 0) is 37.5 Å². The van der Waals surface area contributed by atoms with Gasteiger partial charge < -0.3 is 24.6 Å². The SMILES string of the molecule is CCCCC/C=C\C/C=C\C/C=C\C=C\C(=O)CCCC(=O)OC[C@H](COP(=O)(O)OC[C@@H](O)CO)OC(=O)CCCCCCCCCCCCC(C)CC. The lowest BCUT2D eigenvalue weighted by Gasteiger charge is -2.20. The van der Waals surface area contributed by atoms with Crippen LogP contribution in [0.4, 0.5) is 0 Å². The van der Waals surface area contributed by atoms with Crippen molar-refractivity contribution in [1.29, 1.82) is 0 Å². The molecule has 55 heavy (non-hydrogen) atoms. The summed E-state index contributed by atoms with van der Waals surface area (Å²) >= 11 is 0. The van der Waals surface area contributed by atoms with E-state index in [1.165, 1.54) is 76.7 Å². The van der Waals surface area contributed by atoms with E-state index in [1.807, 2.05) is 12.2 Å². The summed E-state index contributed by atoms with van der Waals surface area (Å²) in [5, 5.41) is 18.3. The molecule has 12 heteroatoms. The maximum atomic E-state index is 12.6. The Morgan fingerprint density at radius 1 is 0.673 bits per heavy atom. The number of ketones is 1. The van der Waals surface area contributed by atoms with Crippen LogP contribution in [0.3, 0.4) is 0 Å². The summed E-state index contributed by atoms with van der Waals surface area (Å²) in [5.74, 6) is -0.488. The van der Waals surface area contributed by atoms with Gasteiger partial charge in [0.25, 0.3) is 0 Å². The second-order valence-electron chi connectivity index (χ2n) is 14.3. The van der Waals surface area contributed by atoms with Gasteiger partial charge in [-0.1, -0.05) is 147 Å². The van der Waals surface area contributed by atoms with E-state index in [9.17, 15) is 28.9 Å². The third kappa shape index (κ3) is 37.0. The standard InChI is InChI=1S/C43H75O11P/c1-4-6-7-8-9-10-11-12-13-17-20-23-26-30-39(45)31-28-33-42(47)51-36-41(37-53-55(49,50)52-35-40(46)34-44)54-43(48)32-27-24-21-18-15-14-16-19-22-25-29-38(3)5-2/h9-10,12-13,20,23,26,30,38,40-41,44,46H,4-8,11,14-19,21-22,24-25,27-29,31-37H2,1-3H3,(H,49,50)/b10-9-,13-12-,23-20-,30-26+/t38?,40-,41+/m0/s1. The highest BCUT2D eigenvalue weighted by molar-refractivity contribution is 7.47. The number of unbranched alkanes of at least 4 members (excludes halogenated alkanes) is 12. The predicted molar refractivity (Wildman–Crippen MR) is 219 cm³/mol. The molecule has 0 heterocycles. The lowest BCUT2D eigenvalue weighted by atomic mass is 9.99. The zero-order valence-electron chi connectivity index (χ0n) is 34.3. The Labute approximate surface area is 332 Å². The smallest absolute Gasteiger partial charge is 0.462 e. The van der Waals surface area contributed by atoms with Crippen LogP contribution in [0, 0.1) is 5.92 Å². The van der Waals surface area contributed by atoms with Crippen LogP contribution < -0.4 is 0 Å². The molecular formula is C43H75O11P. The Kier molecular flexibility index (Phi) is 35.6. The summed E-state index contributed by atoms with van der Waals surface area (Å²) in [4.78, 5) is 47.1. The van der Waals surface area contributed by atoms with Crippen LogP contribution >= 0.6 is 7.82 Å². The minimum atomic E-state index is -4.67. The minimum absolute atomic E-state index is 0.0479. The molecule has 0 rings (SSSR count). The van der Waals surface area contributed by atoms with Crippen molar-refractivity contribution in [3.63, 3.8) is 0 Å². The summed E-state index contributed by atoms with van der Waals surface area (Å²) in [6.07, 6.45) is 33.7. The zero-order valence-corrected chi connectivity index (χ0v) is 35.2. The number of phosphoric ester groups is 1. The number of carbonyl (C=O) groups excluding carboxylic acids is 3. The summed E-state index contributed by atoms with van der Waals surface area (Å²) in [6.45, 7) is 4.39. The van der Waals surface area contributed by atoms with E-state index in [4.69, 9.17) is 19.1 Å². The molecule has 0 bridgehead atoms. The van der Waals surface area contributed by atoms with Crippen molar-refractivity contribution < 1.29 is 52.6 Å². The highest BCUT2D eigenvalue weighted by Gasteiger charge is 2.27. The molecule has 0 aromatic rings. The van der Waals surface area contributed by atoms with Crippen LogP contribution in [0.2, 0.25) is 0 Å². The molecule has 0 radical (unpaired) electrons. The van der Waals surface area contributed by atoms with Gasteiger partial charge in [0.15, 0.2) is 11.9 Å². The first-order valence-corrected chi connectivity index (χ1v) is 22.4. The monoisotopic (exact) mass is 799 g/mol. The molecule has 0 fully saturated rings. The van der Waals surface area contributed by atoms with Crippen molar-refractivity contribution in [2.75, 3.05) is 26.4 Å². The molecule has 0 aliphatic rings. The average Bonchev–Trinajstić information content (AvgIpc) is 3.16. The zero-order chi connectivity index (χ0) is 40.8. The number of aliphatic hydroxyl groups is 2. The first-order valence-electron chi connectivity index (χ1n) is 20.9. The fourth-order valence-corrected chi connectivity index (χ4v) is 6.12. The fraction of sp³-hybridized carbons (Fsp3) is 0.744. The van der Waals surface area contributed by atoms with Gasteiger partial charge in [-0.15, -0.1) is 0 Å². The number of ether oxygens (including phenoxy) is 2. The Morgan fingerprint density at radius 3 is 1.93 bits per heavy atom. The largest absolute Gasteiger partial charge is 0.472 e. The molecule has 0 spiro atoms. The van der Waals surface area contributed by atoms with Crippen molar-refractivity contribution in [2.45, 2.75) is 174 Å². The molecule has 11 nitrogen and oxygen atoms in total. The van der Waals surface area contributed by atoms with Crippen molar-refractivity contribution in [1.82, 2.24) is 0 Å². The lowest BCUT2D eigenvalue weighted by Crippen LogP contribution is -2.29. The predicted octanol–water partition coefficient (Wildman–Crippen LogP) is 9.98. The van der Waals surface area contributed by atoms with Crippen LogP contribution in [0.5, 0.6) is 0 Å². The van der Waals surface area contributed by atoms with E-state index in [1.54, 1.807) is 6.08 Å². The van der Waals surface area contributed by atoms with E-state index in [2.05, 4.69) is 49.6 Å². The Bertz CT molecular complexity index is 1130. The topological polar surface area (TPSA) is 166 Å². The number of allylic oxidation sites excluding steroid dienone is 8. The number of esters is 2. The number of phosphoric acid groups is 1. The van der Waals surface area contributed by atoms with Crippen molar-refractivity contribution in [3.05, 3.63) is 48.6 Å². The van der Waals surface area contributed by atoms with E-state index < -0.39 is 58.4 Å². The van der Waals surface area contributed by atoms with Crippen molar-refractivity contribution >= 4 is 25.5 Å². The molecule has 0 aromatic carbocycles. The van der Waals surface area contributed by atoms with Gasteiger partial charge in [-0.05, 0) is 50.5 Å². The maximum Gasteiger partial charge on any atom is 0.472 e. The molecule has 2 unspecified atom stereocenters. The van der Waals surface area contributed by atoms with Crippen LogP contribution in [0.25, 0.3) is 0 Å². The van der Waals surface area contributed by atoms with Crippen LogP contribution in [-0.4, -0.2) is 71.5 Å². The quantitative estimate of drug-likeness (QED) is 0.0136. The number of hydrogen-bond acceptors (Lipinski definition) is 10. The first kappa shape index (κ1) is 52.6. The van der Waals surface area contributed by atoms with E-state index in [-0.39, 0.29) is 31.5 Å². The van der Waals surface area contributed by atoms with Gasteiger partial charge in [0.2, 0.25) is 0 Å². The molecule has 0 aromatic heterocycles. The fourth-order valence-electron chi connectivity index (χ4n) is 5.33. The minimum Gasteiger partial charge on any atom is -0.462 e. The Hall–Kier alpha value is -2.40. The second kappa shape index (κ2) is 37.2. The van der Waals surface area contributed by atoms with Gasteiger partial charge in [-0.3, -0.25) is 23.4 Å². The van der Waals surface area contributed by atoms with Crippen LogP contribution in [0.1, 0.15) is 162 Å². The Morgan fingerprint density at radius 2 is 1.27 bits per heavy atom. The highest BCUT2D eigenvalue weighted by atomic mass is 31.2. The number of carbonyl (C=O) groups is 3. The summed E-state index contributed by atoms with van der Waals surface area (Å²) < 4.78 is 32.5. The molecule has 0 saturated carbocycles. The molecule has 0 aliphatic heterocycles. The Balaban J connectivity index is 4.53. The van der Waals surface area contributed by atoms with Gasteiger partial charge in [-0.25, -0.2) is 4.57 Å². The molecule has 0 amide bonds. The van der Waals surface area contributed by atoms with Gasteiger partial charge >= 0.3 is 19.8 Å². The van der Waals surface area contributed by atoms with E-state index >= 15 is 0 Å². The maximum absolute atomic E-state index is 12.6. The molecule has 0 aliphatic carbocycles. The number of aliphatic hydroxyl groups excluding tert-OH is 2. The van der Waals surface area contributed by atoms with Gasteiger partial charge in [-0.2, -0.15) is 0 Å². The van der Waals surface area contributed by atoms with Crippen molar-refractivity contribution in [2.24, 2.45) is 5.92 Å². The molecule has 0 saturated heterocycles. The van der Waals surface area contributed by atoms with Gasteiger partial charge in [0.05, 0.1) is 19.8 Å². The normalized spacial score (nSPS) is 14.9. The van der Waals surface area contributed by atoms with Gasteiger partial charge in [0.1, 0.15) is 12.7 Å². The molecule has 3 N–H and O–H groups in total. The number of hydrogen-bond donors (Lipinski definition) is 3. The van der Waals surface area contributed by atoms with E-state index in [0.717, 1.165) is 44.4 Å². The molecular weight excluding hydrogens is 723 g/mol. The second-order valence-corrected chi connectivity index (χ2v) is 15.7. The van der Waals surface area contributed by atoms with E-state index in [0.29, 0.717) is 6.42 Å². The summed E-state index contributed by atoms with van der Waals surface area (Å²) in [7, 11) is -4.67. The van der Waals surface area contributed by atoms with Crippen LogP contribution in [0.15, 0.2) is 48.6 Å². The summed E-state index contributed by atoms with van der Waals surface area (Å²) in [5.41, 5.74) is 0. The van der Waals surface area contributed by atoms with Gasteiger partial charge in [0, 0.05) is 19.3 Å². The summed E-state index contributed by atoms with van der Waals surface area (Å²) in [6, 6.07) is 0. The third-order valence-corrected chi connectivity index (χ3v) is 9.95. The van der Waals surface area contributed by atoms with Crippen molar-refractivity contribution in [3.8, 4) is 0 Å². The molecule has 4 atom stereocenters. The third-order valence-electron chi connectivity index (χ3n) is 9.00. The highest BCUT2D eigenvalue weighted by Crippen LogP contribution is 2.43. The average molecular weight is 799 g/mol. The first-order chi connectivity index (χ1) is 26.5. The number of rotatable bonds is 38. The lowest BCUT2D eigenvalue weighted by molar-refractivity contribution is -0.161.